The third-order valence-electron chi connectivity index (χ3n) is 0.682. The summed E-state index contributed by atoms with van der Waals surface area (Å²) in [5.74, 6) is 0. The second-order valence-electron chi connectivity index (χ2n) is 1.60. The Morgan fingerprint density at radius 1 is 1.89 bits per heavy atom. The lowest BCUT2D eigenvalue weighted by molar-refractivity contribution is 0.317. The molecule has 54 valence electrons. The minimum absolute atomic E-state index is 0.773. The van der Waals surface area contributed by atoms with Gasteiger partial charge >= 0.3 is 0 Å². The summed E-state index contributed by atoms with van der Waals surface area (Å²) in [7, 11) is 1.13. The predicted octanol–water partition coefficient (Wildman–Crippen LogP) is 0.742. The molecule has 0 aliphatic heterocycles. The van der Waals surface area contributed by atoms with Gasteiger partial charge in [-0.25, -0.2) is 0 Å². The molecule has 0 heterocycles. The number of rotatable bonds is 1. The standard InChI is InChI=1S/C4H9NO.C2H6Si/c1-3-4(2)5-6;1-2-3/h6H,3H2,1-2H3;2H,1H2,3H3. The van der Waals surface area contributed by atoms with Gasteiger partial charge in [0.1, 0.15) is 0 Å². The van der Waals surface area contributed by atoms with Crippen molar-refractivity contribution in [1.29, 1.82) is 0 Å². The van der Waals surface area contributed by atoms with Crippen LogP contribution in [0.3, 0.4) is 0 Å². The fraction of sp³-hybridized carbons (Fsp3) is 0.500. The highest BCUT2D eigenvalue weighted by Crippen LogP contribution is 1.78. The van der Waals surface area contributed by atoms with E-state index in [9.17, 15) is 0 Å². The van der Waals surface area contributed by atoms with Gasteiger partial charge in [0.2, 0.25) is 0 Å². The Bertz CT molecular complexity index is 91.1. The van der Waals surface area contributed by atoms with Gasteiger partial charge in [-0.1, -0.05) is 12.1 Å². The van der Waals surface area contributed by atoms with Crippen LogP contribution in [0.1, 0.15) is 20.3 Å². The van der Waals surface area contributed by atoms with E-state index in [2.05, 4.69) is 11.7 Å². The molecule has 1 N–H and O–H groups in total. The van der Waals surface area contributed by atoms with Crippen molar-refractivity contribution in [2.75, 3.05) is 0 Å². The molecule has 9 heavy (non-hydrogen) atoms. The van der Waals surface area contributed by atoms with E-state index in [0.717, 1.165) is 22.4 Å². The van der Waals surface area contributed by atoms with E-state index in [-0.39, 0.29) is 0 Å². The van der Waals surface area contributed by atoms with Crippen LogP contribution in [0, 0.1) is 0 Å². The second-order valence-corrected chi connectivity index (χ2v) is 2.41. The largest absolute Gasteiger partial charge is 0.411 e. The molecule has 0 aliphatic rings. The molecule has 0 aliphatic carbocycles. The molecule has 2 nitrogen and oxygen atoms in total. The predicted molar refractivity (Wildman–Crippen MR) is 45.3 cm³/mol. The highest BCUT2D eigenvalue weighted by Gasteiger charge is 1.77. The minimum Gasteiger partial charge on any atom is -0.411 e. The van der Waals surface area contributed by atoms with Gasteiger partial charge < -0.3 is 5.21 Å². The molecule has 0 aromatic rings. The molecule has 0 spiro atoms. The summed E-state index contributed by atoms with van der Waals surface area (Å²) in [6.45, 7) is 7.14. The molecule has 0 radical (unpaired) electrons. The van der Waals surface area contributed by atoms with Crippen molar-refractivity contribution in [3.05, 3.63) is 12.3 Å². The minimum atomic E-state index is 0.773. The monoisotopic (exact) mass is 145 g/mol. The van der Waals surface area contributed by atoms with Crippen molar-refractivity contribution in [1.82, 2.24) is 0 Å². The van der Waals surface area contributed by atoms with Crippen LogP contribution in [-0.2, 0) is 0 Å². The molecule has 3 heteroatoms. The molecule has 0 aromatic carbocycles. The highest BCUT2D eigenvalue weighted by atomic mass is 28.1. The van der Waals surface area contributed by atoms with Crippen LogP contribution in [0.25, 0.3) is 0 Å². The summed E-state index contributed by atoms with van der Waals surface area (Å²) < 4.78 is 0. The maximum absolute atomic E-state index is 7.92. The van der Waals surface area contributed by atoms with E-state index >= 15 is 0 Å². The SMILES string of the molecule is C=C[SiH3].CCC(C)=NO. The fourth-order valence-electron chi connectivity index (χ4n) is 0.0707. The van der Waals surface area contributed by atoms with Crippen molar-refractivity contribution in [3.8, 4) is 0 Å². The number of nitrogens with zero attached hydrogens (tertiary/aromatic N) is 1. The first-order valence-electron chi connectivity index (χ1n) is 2.97. The third kappa shape index (κ3) is 18.6. The number of hydrogen-bond acceptors (Lipinski definition) is 2. The maximum atomic E-state index is 7.92. The van der Waals surface area contributed by atoms with E-state index in [4.69, 9.17) is 5.21 Å². The van der Waals surface area contributed by atoms with Gasteiger partial charge in [0.15, 0.2) is 0 Å². The van der Waals surface area contributed by atoms with E-state index in [0.29, 0.717) is 0 Å². The van der Waals surface area contributed by atoms with Crippen molar-refractivity contribution < 1.29 is 5.21 Å². The van der Waals surface area contributed by atoms with Crippen LogP contribution in [0.15, 0.2) is 17.4 Å². The first-order valence-corrected chi connectivity index (χ1v) is 4.12. The van der Waals surface area contributed by atoms with Gasteiger partial charge in [0.25, 0.3) is 0 Å². The summed E-state index contributed by atoms with van der Waals surface area (Å²) in [6, 6.07) is 0. The fourth-order valence-corrected chi connectivity index (χ4v) is 0.0707. The first-order chi connectivity index (χ1) is 4.22. The van der Waals surface area contributed by atoms with Crippen LogP contribution >= 0.6 is 0 Å². The quantitative estimate of drug-likeness (QED) is 0.251. The van der Waals surface area contributed by atoms with Gasteiger partial charge in [0.05, 0.1) is 5.71 Å². The lowest BCUT2D eigenvalue weighted by Gasteiger charge is -1.81. The van der Waals surface area contributed by atoms with Crippen LogP contribution in [0.4, 0.5) is 0 Å². The zero-order valence-corrected chi connectivity index (χ0v) is 8.39. The van der Waals surface area contributed by atoms with Crippen molar-refractivity contribution in [3.63, 3.8) is 0 Å². The third-order valence-corrected chi connectivity index (χ3v) is 0.682. The van der Waals surface area contributed by atoms with E-state index in [1.54, 1.807) is 6.92 Å². The molecular weight excluding hydrogens is 130 g/mol. The molecule has 0 amide bonds. The van der Waals surface area contributed by atoms with Gasteiger partial charge in [-0.3, -0.25) is 0 Å². The Labute approximate surface area is 59.7 Å². The van der Waals surface area contributed by atoms with E-state index < -0.39 is 0 Å². The number of oxime groups is 1. The topological polar surface area (TPSA) is 32.6 Å². The normalized spacial score (nSPS) is 9.78. The Balaban J connectivity index is 0. The molecule has 0 fully saturated rings. The van der Waals surface area contributed by atoms with Gasteiger partial charge in [-0.2, -0.15) is 0 Å². The van der Waals surface area contributed by atoms with Gasteiger partial charge in [-0.05, 0) is 13.3 Å². The molecule has 0 bridgehead atoms. The number of hydrogen-bond donors (Lipinski definition) is 1. The van der Waals surface area contributed by atoms with Gasteiger partial charge in [-0.15, -0.1) is 12.3 Å². The summed E-state index contributed by atoms with van der Waals surface area (Å²) >= 11 is 0. The molecular formula is C6H15NOSi. The lowest BCUT2D eigenvalue weighted by Crippen LogP contribution is -1.83. The average molecular weight is 145 g/mol. The Morgan fingerprint density at radius 3 is 2.22 bits per heavy atom. The summed E-state index contributed by atoms with van der Waals surface area (Å²) in [6.07, 6.45) is 0.830. The Kier molecular flexibility index (Phi) is 13.0. The molecule has 0 rings (SSSR count). The highest BCUT2D eigenvalue weighted by molar-refractivity contribution is 6.16. The Hall–Kier alpha value is -0.573. The van der Waals surface area contributed by atoms with Crippen molar-refractivity contribution >= 4 is 16.0 Å². The van der Waals surface area contributed by atoms with E-state index in [1.165, 1.54) is 0 Å². The first kappa shape index (κ1) is 11.3. The zero-order chi connectivity index (χ0) is 7.70. The van der Waals surface area contributed by atoms with Crippen LogP contribution in [0.5, 0.6) is 0 Å². The summed E-state index contributed by atoms with van der Waals surface area (Å²) in [4.78, 5) is 0. The summed E-state index contributed by atoms with van der Waals surface area (Å²) in [5, 5.41) is 10.8. The van der Waals surface area contributed by atoms with Crippen LogP contribution in [-0.4, -0.2) is 21.2 Å². The van der Waals surface area contributed by atoms with Crippen molar-refractivity contribution in [2.24, 2.45) is 5.16 Å². The zero-order valence-electron chi connectivity index (χ0n) is 6.39. The Morgan fingerprint density at radius 2 is 2.22 bits per heavy atom. The van der Waals surface area contributed by atoms with Crippen LogP contribution < -0.4 is 0 Å². The van der Waals surface area contributed by atoms with Crippen molar-refractivity contribution in [2.45, 2.75) is 20.3 Å². The molecule has 0 saturated heterocycles. The smallest absolute Gasteiger partial charge is 0.0537 e. The average Bonchev–Trinajstić information content (AvgIpc) is 1.88. The summed E-state index contributed by atoms with van der Waals surface area (Å²) in [5.41, 5.74) is 2.66. The second kappa shape index (κ2) is 10.4. The maximum Gasteiger partial charge on any atom is 0.0537 e. The molecule has 0 unspecified atom stereocenters. The van der Waals surface area contributed by atoms with Gasteiger partial charge in [0, 0.05) is 10.2 Å². The molecule has 0 aromatic heterocycles. The molecule has 0 saturated carbocycles. The lowest BCUT2D eigenvalue weighted by atomic mass is 10.3. The van der Waals surface area contributed by atoms with E-state index in [1.807, 2.05) is 12.6 Å². The molecule has 0 atom stereocenters. The van der Waals surface area contributed by atoms with Crippen LogP contribution in [0.2, 0.25) is 0 Å².